The van der Waals surface area contributed by atoms with E-state index in [0.29, 0.717) is 31.4 Å². The van der Waals surface area contributed by atoms with Crippen molar-refractivity contribution in [1.29, 1.82) is 0 Å². The third kappa shape index (κ3) is 6.31. The second kappa shape index (κ2) is 9.40. The first-order valence-electron chi connectivity index (χ1n) is 9.35. The molecule has 0 aromatic heterocycles. The minimum atomic E-state index is -4.31. The Labute approximate surface area is 154 Å². The molecule has 1 amide bonds. The summed E-state index contributed by atoms with van der Waals surface area (Å²) in [6.07, 6.45) is 0.0869. The molecule has 1 saturated heterocycles. The van der Waals surface area contributed by atoms with E-state index in [0.717, 1.165) is 38.4 Å². The van der Waals surface area contributed by atoms with Crippen molar-refractivity contribution >= 4 is 5.91 Å². The fourth-order valence-corrected chi connectivity index (χ4v) is 3.61. The summed E-state index contributed by atoms with van der Waals surface area (Å²) in [5.41, 5.74) is -0.179. The van der Waals surface area contributed by atoms with E-state index >= 15 is 0 Å². The SMILES string of the molecule is CN(C)CCCC(=O)N1CCC[C@@H](CCc2ccccc2C(F)(F)F)C1. The van der Waals surface area contributed by atoms with Crippen LogP contribution in [-0.4, -0.2) is 49.4 Å². The molecule has 3 nitrogen and oxygen atoms in total. The minimum absolute atomic E-state index is 0.173. The van der Waals surface area contributed by atoms with Crippen molar-refractivity contribution in [2.45, 2.75) is 44.7 Å². The van der Waals surface area contributed by atoms with E-state index in [2.05, 4.69) is 4.90 Å². The van der Waals surface area contributed by atoms with Crippen LogP contribution in [0.3, 0.4) is 0 Å². The fourth-order valence-electron chi connectivity index (χ4n) is 3.61. The summed E-state index contributed by atoms with van der Waals surface area (Å²) in [5.74, 6) is 0.454. The molecular formula is C20H29F3N2O. The zero-order chi connectivity index (χ0) is 19.2. The van der Waals surface area contributed by atoms with Gasteiger partial charge in [-0.1, -0.05) is 18.2 Å². The van der Waals surface area contributed by atoms with Gasteiger partial charge in [0.25, 0.3) is 0 Å². The van der Waals surface area contributed by atoms with Crippen LogP contribution in [0.15, 0.2) is 24.3 Å². The second-order valence-electron chi connectivity index (χ2n) is 7.45. The molecule has 1 aromatic rings. The van der Waals surface area contributed by atoms with Crippen LogP contribution < -0.4 is 0 Å². The van der Waals surface area contributed by atoms with Crippen LogP contribution in [0, 0.1) is 5.92 Å². The number of amides is 1. The lowest BCUT2D eigenvalue weighted by atomic mass is 9.90. The van der Waals surface area contributed by atoms with Crippen molar-refractivity contribution in [3.05, 3.63) is 35.4 Å². The maximum Gasteiger partial charge on any atom is 0.416 e. The number of halogens is 3. The standard InChI is InChI=1S/C20H29F3N2O/c1-24(2)13-6-10-19(26)25-14-5-7-16(15-25)11-12-17-8-3-4-9-18(17)20(21,22)23/h3-4,8-9,16H,5-7,10-15H2,1-2H3/t16-/m0/s1. The Bertz CT molecular complexity index is 587. The lowest BCUT2D eigenvalue weighted by molar-refractivity contribution is -0.138. The third-order valence-corrected chi connectivity index (χ3v) is 5.01. The number of rotatable bonds is 7. The first kappa shape index (κ1) is 20.7. The predicted molar refractivity (Wildman–Crippen MR) is 96.9 cm³/mol. The van der Waals surface area contributed by atoms with Crippen LogP contribution in [0.5, 0.6) is 0 Å². The summed E-state index contributed by atoms with van der Waals surface area (Å²) in [7, 11) is 3.97. The number of hydrogen-bond acceptors (Lipinski definition) is 2. The Hall–Kier alpha value is -1.56. The second-order valence-corrected chi connectivity index (χ2v) is 7.45. The monoisotopic (exact) mass is 370 g/mol. The summed E-state index contributed by atoms with van der Waals surface area (Å²) < 4.78 is 39.3. The molecule has 0 bridgehead atoms. The van der Waals surface area contributed by atoms with E-state index in [4.69, 9.17) is 0 Å². The molecule has 1 heterocycles. The van der Waals surface area contributed by atoms with Crippen LogP contribution in [0.4, 0.5) is 13.2 Å². The van der Waals surface area contributed by atoms with Crippen LogP contribution in [-0.2, 0) is 17.4 Å². The number of hydrogen-bond donors (Lipinski definition) is 0. The molecular weight excluding hydrogens is 341 g/mol. The third-order valence-electron chi connectivity index (χ3n) is 5.01. The van der Waals surface area contributed by atoms with E-state index in [1.807, 2.05) is 19.0 Å². The zero-order valence-corrected chi connectivity index (χ0v) is 15.7. The number of aryl methyl sites for hydroxylation is 1. The molecule has 0 unspecified atom stereocenters. The Morgan fingerprint density at radius 3 is 2.69 bits per heavy atom. The molecule has 146 valence electrons. The number of benzene rings is 1. The summed E-state index contributed by atoms with van der Waals surface area (Å²) in [4.78, 5) is 16.3. The van der Waals surface area contributed by atoms with E-state index in [1.54, 1.807) is 12.1 Å². The topological polar surface area (TPSA) is 23.6 Å². The molecule has 2 rings (SSSR count). The highest BCUT2D eigenvalue weighted by Gasteiger charge is 2.33. The number of carbonyl (C=O) groups excluding carboxylic acids is 1. The van der Waals surface area contributed by atoms with Gasteiger partial charge in [0.05, 0.1) is 5.56 Å². The Morgan fingerprint density at radius 2 is 2.00 bits per heavy atom. The lowest BCUT2D eigenvalue weighted by Crippen LogP contribution is -2.40. The molecule has 0 N–H and O–H groups in total. The van der Waals surface area contributed by atoms with E-state index < -0.39 is 11.7 Å². The predicted octanol–water partition coefficient (Wildman–Crippen LogP) is 4.22. The first-order valence-corrected chi connectivity index (χ1v) is 9.35. The van der Waals surface area contributed by atoms with Gasteiger partial charge in [-0.3, -0.25) is 4.79 Å². The van der Waals surface area contributed by atoms with Crippen molar-refractivity contribution < 1.29 is 18.0 Å². The molecule has 0 radical (unpaired) electrons. The van der Waals surface area contributed by atoms with Gasteiger partial charge in [-0.05, 0) is 70.3 Å². The number of likely N-dealkylation sites (tertiary alicyclic amines) is 1. The maximum absolute atomic E-state index is 13.1. The van der Waals surface area contributed by atoms with Gasteiger partial charge in [-0.25, -0.2) is 0 Å². The molecule has 1 aliphatic heterocycles. The average Bonchev–Trinajstić information content (AvgIpc) is 2.59. The van der Waals surface area contributed by atoms with E-state index in [-0.39, 0.29) is 11.8 Å². The average molecular weight is 370 g/mol. The fraction of sp³-hybridized carbons (Fsp3) is 0.650. The highest BCUT2D eigenvalue weighted by molar-refractivity contribution is 5.76. The molecule has 0 aliphatic carbocycles. The van der Waals surface area contributed by atoms with Crippen molar-refractivity contribution in [1.82, 2.24) is 9.80 Å². The van der Waals surface area contributed by atoms with Crippen molar-refractivity contribution in [2.75, 3.05) is 33.7 Å². The van der Waals surface area contributed by atoms with Gasteiger partial charge >= 0.3 is 6.18 Å². The number of alkyl halides is 3. The Kier molecular flexibility index (Phi) is 7.50. The van der Waals surface area contributed by atoms with Gasteiger partial charge in [0.15, 0.2) is 0 Å². The molecule has 0 saturated carbocycles. The first-order chi connectivity index (χ1) is 12.3. The summed E-state index contributed by atoms with van der Waals surface area (Å²) in [6.45, 7) is 2.34. The molecule has 0 spiro atoms. The normalized spacial score (nSPS) is 18.4. The summed E-state index contributed by atoms with van der Waals surface area (Å²) in [6, 6.07) is 5.81. The lowest BCUT2D eigenvalue weighted by Gasteiger charge is -2.33. The molecule has 1 aromatic carbocycles. The summed E-state index contributed by atoms with van der Waals surface area (Å²) >= 11 is 0. The number of nitrogens with zero attached hydrogens (tertiary/aromatic N) is 2. The van der Waals surface area contributed by atoms with Crippen LogP contribution in [0.2, 0.25) is 0 Å². The highest BCUT2D eigenvalue weighted by Crippen LogP contribution is 2.33. The molecule has 1 fully saturated rings. The molecule has 1 aliphatic rings. The van der Waals surface area contributed by atoms with Gasteiger partial charge in [0.2, 0.25) is 5.91 Å². The van der Waals surface area contributed by atoms with Crippen LogP contribution >= 0.6 is 0 Å². The van der Waals surface area contributed by atoms with Crippen molar-refractivity contribution in [2.24, 2.45) is 5.92 Å². The van der Waals surface area contributed by atoms with Gasteiger partial charge in [-0.15, -0.1) is 0 Å². The van der Waals surface area contributed by atoms with E-state index in [9.17, 15) is 18.0 Å². The molecule has 26 heavy (non-hydrogen) atoms. The van der Waals surface area contributed by atoms with Crippen LogP contribution in [0.1, 0.15) is 43.2 Å². The minimum Gasteiger partial charge on any atom is -0.342 e. The van der Waals surface area contributed by atoms with Gasteiger partial charge in [-0.2, -0.15) is 13.2 Å². The highest BCUT2D eigenvalue weighted by atomic mass is 19.4. The number of piperidine rings is 1. The van der Waals surface area contributed by atoms with Gasteiger partial charge in [0, 0.05) is 19.5 Å². The smallest absolute Gasteiger partial charge is 0.342 e. The van der Waals surface area contributed by atoms with E-state index in [1.165, 1.54) is 6.07 Å². The molecule has 6 heteroatoms. The summed E-state index contributed by atoms with van der Waals surface area (Å²) in [5, 5.41) is 0. The van der Waals surface area contributed by atoms with Crippen molar-refractivity contribution in [3.8, 4) is 0 Å². The van der Waals surface area contributed by atoms with Gasteiger partial charge in [0.1, 0.15) is 0 Å². The van der Waals surface area contributed by atoms with Gasteiger partial charge < -0.3 is 9.80 Å². The largest absolute Gasteiger partial charge is 0.416 e. The number of carbonyl (C=O) groups is 1. The van der Waals surface area contributed by atoms with Crippen LogP contribution in [0.25, 0.3) is 0 Å². The quantitative estimate of drug-likeness (QED) is 0.718. The zero-order valence-electron chi connectivity index (χ0n) is 15.7. The molecule has 1 atom stereocenters. The van der Waals surface area contributed by atoms with Crippen molar-refractivity contribution in [3.63, 3.8) is 0 Å². The Balaban J connectivity index is 1.86. The maximum atomic E-state index is 13.1. The Morgan fingerprint density at radius 1 is 1.27 bits per heavy atom.